The summed E-state index contributed by atoms with van der Waals surface area (Å²) in [4.78, 5) is 11.8. The number of halogens is 1. The number of para-hydroxylation sites is 1. The molecule has 25 heavy (non-hydrogen) atoms. The van der Waals surface area contributed by atoms with Crippen molar-refractivity contribution in [2.45, 2.75) is 31.2 Å². The Balaban J connectivity index is 1.70. The smallest absolute Gasteiger partial charge is 0.337 e. The van der Waals surface area contributed by atoms with E-state index >= 15 is 0 Å². The molecule has 2 aromatic rings. The predicted octanol–water partition coefficient (Wildman–Crippen LogP) is 5.33. The molecule has 0 amide bonds. The van der Waals surface area contributed by atoms with Gasteiger partial charge in [-0.25, -0.2) is 4.79 Å². The molecular weight excluding hydrogens is 334 g/mol. The molecule has 5 atom stereocenters. The molecule has 0 saturated heterocycles. The molecule has 4 heteroatoms. The van der Waals surface area contributed by atoms with Crippen LogP contribution in [0.2, 0.25) is 5.02 Å². The molecular formula is C21H20ClNO2. The molecule has 0 unspecified atom stereocenters. The van der Waals surface area contributed by atoms with Crippen LogP contribution in [-0.2, 0) is 0 Å². The Morgan fingerprint density at radius 2 is 1.80 bits per heavy atom. The van der Waals surface area contributed by atoms with Crippen molar-refractivity contribution >= 4 is 23.3 Å². The second-order valence-corrected chi connectivity index (χ2v) is 8.06. The number of hydrogen-bond acceptors (Lipinski definition) is 2. The molecule has 2 saturated carbocycles. The highest BCUT2D eigenvalue weighted by molar-refractivity contribution is 6.31. The van der Waals surface area contributed by atoms with Gasteiger partial charge in [0.15, 0.2) is 0 Å². The van der Waals surface area contributed by atoms with E-state index in [0.717, 1.165) is 16.3 Å². The number of rotatable bonds is 2. The highest BCUT2D eigenvalue weighted by Gasteiger charge is 2.54. The first kappa shape index (κ1) is 15.3. The molecule has 1 aliphatic heterocycles. The lowest BCUT2D eigenvalue weighted by Crippen LogP contribution is -2.36. The maximum Gasteiger partial charge on any atom is 0.337 e. The molecule has 128 valence electrons. The third-order valence-electron chi connectivity index (χ3n) is 6.59. The van der Waals surface area contributed by atoms with Gasteiger partial charge in [-0.15, -0.1) is 0 Å². The van der Waals surface area contributed by atoms with E-state index in [0.29, 0.717) is 29.2 Å². The summed E-state index contributed by atoms with van der Waals surface area (Å²) in [6.07, 6.45) is 3.80. The van der Waals surface area contributed by atoms with Crippen molar-refractivity contribution in [3.8, 4) is 0 Å². The summed E-state index contributed by atoms with van der Waals surface area (Å²) in [7, 11) is 0. The number of benzene rings is 2. The summed E-state index contributed by atoms with van der Waals surface area (Å²) in [6, 6.07) is 13.8. The summed E-state index contributed by atoms with van der Waals surface area (Å²) >= 11 is 6.52. The van der Waals surface area contributed by atoms with Crippen LogP contribution in [0.4, 0.5) is 5.69 Å². The van der Waals surface area contributed by atoms with E-state index in [2.05, 4.69) is 17.4 Å². The van der Waals surface area contributed by atoms with Crippen molar-refractivity contribution in [1.82, 2.24) is 0 Å². The Bertz CT molecular complexity index is 865. The first-order chi connectivity index (χ1) is 12.1. The zero-order valence-electron chi connectivity index (χ0n) is 13.8. The highest BCUT2D eigenvalue weighted by atomic mass is 35.5. The standard InChI is InChI=1S/C21H20ClNO2/c22-16-7-2-1-4-13(16)20-18-12-9-8-11(10-12)17(18)14-5-3-6-15(21(24)25)19(14)23-20/h1-7,11-12,17-18,20,23H,8-10H2,(H,24,25)/t11-,12-,17+,18-,20-/m0/s1. The first-order valence-corrected chi connectivity index (χ1v) is 9.40. The average Bonchev–Trinajstić information content (AvgIpc) is 3.23. The van der Waals surface area contributed by atoms with Gasteiger partial charge in [0.25, 0.3) is 0 Å². The maximum atomic E-state index is 11.8. The lowest BCUT2D eigenvalue weighted by atomic mass is 9.67. The topological polar surface area (TPSA) is 49.3 Å². The molecule has 3 nitrogen and oxygen atoms in total. The number of anilines is 1. The largest absolute Gasteiger partial charge is 0.478 e. The molecule has 0 spiro atoms. The molecule has 3 aliphatic rings. The first-order valence-electron chi connectivity index (χ1n) is 9.02. The average molecular weight is 354 g/mol. The summed E-state index contributed by atoms with van der Waals surface area (Å²) < 4.78 is 0. The minimum Gasteiger partial charge on any atom is -0.478 e. The Hall–Kier alpha value is -2.00. The molecule has 0 radical (unpaired) electrons. The van der Waals surface area contributed by atoms with E-state index in [4.69, 9.17) is 11.6 Å². The summed E-state index contributed by atoms with van der Waals surface area (Å²) in [5, 5.41) is 14.0. The number of carbonyl (C=O) groups is 1. The van der Waals surface area contributed by atoms with E-state index < -0.39 is 5.97 Å². The Morgan fingerprint density at radius 3 is 2.60 bits per heavy atom. The van der Waals surface area contributed by atoms with E-state index in [-0.39, 0.29) is 6.04 Å². The summed E-state index contributed by atoms with van der Waals surface area (Å²) in [5.74, 6) is 1.44. The molecule has 0 aromatic heterocycles. The van der Waals surface area contributed by atoms with Crippen LogP contribution in [0.15, 0.2) is 42.5 Å². The molecule has 2 aliphatic carbocycles. The van der Waals surface area contributed by atoms with Gasteiger partial charge in [-0.05, 0) is 66.2 Å². The van der Waals surface area contributed by atoms with Gasteiger partial charge in [0.2, 0.25) is 0 Å². The van der Waals surface area contributed by atoms with Gasteiger partial charge in [0, 0.05) is 5.02 Å². The number of aromatic carboxylic acids is 1. The quantitative estimate of drug-likeness (QED) is 0.766. The van der Waals surface area contributed by atoms with Crippen LogP contribution in [0.5, 0.6) is 0 Å². The van der Waals surface area contributed by atoms with Crippen LogP contribution < -0.4 is 5.32 Å². The second kappa shape index (κ2) is 5.50. The van der Waals surface area contributed by atoms with Crippen molar-refractivity contribution in [3.63, 3.8) is 0 Å². The number of nitrogens with one attached hydrogen (secondary N) is 1. The van der Waals surface area contributed by atoms with Crippen molar-refractivity contribution in [1.29, 1.82) is 0 Å². The summed E-state index contributed by atoms with van der Waals surface area (Å²) in [5.41, 5.74) is 3.46. The SMILES string of the molecule is O=C(O)c1cccc2c1N[C@@H](c1ccccc1Cl)[C@H]1[C@H]3CC[C@@H](C3)[C@H]21. The number of carboxylic acids is 1. The van der Waals surface area contributed by atoms with Gasteiger partial charge in [-0.2, -0.15) is 0 Å². The van der Waals surface area contributed by atoms with Crippen LogP contribution in [-0.4, -0.2) is 11.1 Å². The van der Waals surface area contributed by atoms with Crippen LogP contribution in [0.1, 0.15) is 52.7 Å². The fourth-order valence-corrected chi connectivity index (χ4v) is 5.98. The Labute approximate surface area is 152 Å². The lowest BCUT2D eigenvalue weighted by molar-refractivity contribution is 0.0697. The van der Waals surface area contributed by atoms with Crippen LogP contribution in [0, 0.1) is 17.8 Å². The van der Waals surface area contributed by atoms with Gasteiger partial charge in [-0.3, -0.25) is 0 Å². The van der Waals surface area contributed by atoms with Gasteiger partial charge in [-0.1, -0.05) is 41.9 Å². The van der Waals surface area contributed by atoms with Crippen molar-refractivity contribution in [2.24, 2.45) is 17.8 Å². The molecule has 2 aromatic carbocycles. The van der Waals surface area contributed by atoms with Gasteiger partial charge in [0.1, 0.15) is 0 Å². The van der Waals surface area contributed by atoms with Gasteiger partial charge >= 0.3 is 5.97 Å². The van der Waals surface area contributed by atoms with Gasteiger partial charge in [0.05, 0.1) is 17.3 Å². The molecule has 2 fully saturated rings. The van der Waals surface area contributed by atoms with Crippen LogP contribution in [0.3, 0.4) is 0 Å². The third kappa shape index (κ3) is 2.15. The normalized spacial score (nSPS) is 32.0. The van der Waals surface area contributed by atoms with Gasteiger partial charge < -0.3 is 10.4 Å². The molecule has 2 N–H and O–H groups in total. The molecule has 1 heterocycles. The van der Waals surface area contributed by atoms with Crippen LogP contribution >= 0.6 is 11.6 Å². The summed E-state index contributed by atoms with van der Waals surface area (Å²) in [6.45, 7) is 0. The monoisotopic (exact) mass is 353 g/mol. The Kier molecular flexibility index (Phi) is 3.36. The minimum absolute atomic E-state index is 0.0852. The molecule has 5 rings (SSSR count). The number of fused-ring (bicyclic) bond motifs is 7. The third-order valence-corrected chi connectivity index (χ3v) is 6.94. The van der Waals surface area contributed by atoms with E-state index in [1.54, 1.807) is 6.07 Å². The number of hydrogen-bond donors (Lipinski definition) is 2. The second-order valence-electron chi connectivity index (χ2n) is 7.65. The van der Waals surface area contributed by atoms with E-state index in [1.807, 2.05) is 24.3 Å². The highest BCUT2D eigenvalue weighted by Crippen LogP contribution is 2.64. The van der Waals surface area contributed by atoms with Crippen molar-refractivity contribution in [2.75, 3.05) is 5.32 Å². The van der Waals surface area contributed by atoms with E-state index in [1.165, 1.54) is 24.8 Å². The van der Waals surface area contributed by atoms with Crippen molar-refractivity contribution < 1.29 is 9.90 Å². The minimum atomic E-state index is -0.871. The fraction of sp³-hybridized carbons (Fsp3) is 0.381. The lowest BCUT2D eigenvalue weighted by Gasteiger charge is -2.44. The zero-order valence-corrected chi connectivity index (χ0v) is 14.5. The number of carboxylic acid groups (broad SMARTS) is 1. The van der Waals surface area contributed by atoms with Crippen LogP contribution in [0.25, 0.3) is 0 Å². The Morgan fingerprint density at radius 1 is 1.04 bits per heavy atom. The van der Waals surface area contributed by atoms with E-state index in [9.17, 15) is 9.90 Å². The fourth-order valence-electron chi connectivity index (χ4n) is 5.73. The zero-order chi connectivity index (χ0) is 17.1. The molecule has 2 bridgehead atoms. The predicted molar refractivity (Wildman–Crippen MR) is 98.3 cm³/mol. The van der Waals surface area contributed by atoms with Crippen molar-refractivity contribution in [3.05, 3.63) is 64.2 Å². The maximum absolute atomic E-state index is 11.8.